The third-order valence-electron chi connectivity index (χ3n) is 5.22. The van der Waals surface area contributed by atoms with Crippen LogP contribution in [0.25, 0.3) is 31.9 Å². The Hall–Kier alpha value is -4.17. The molecule has 34 heavy (non-hydrogen) atoms. The van der Waals surface area contributed by atoms with Crippen molar-refractivity contribution in [2.24, 2.45) is 0 Å². The molecule has 0 bridgehead atoms. The minimum absolute atomic E-state index is 0.275. The maximum Gasteiger partial charge on any atom is 0.319 e. The largest absolute Gasteiger partial charge is 0.334 e. The number of halogens is 2. The molecule has 0 atom stereocenters. The molecule has 0 unspecified atom stereocenters. The number of thiophene rings is 1. The second-order valence-corrected chi connectivity index (χ2v) is 8.62. The fraction of sp³-hybridized carbons (Fsp3) is 0.0385. The SMILES string of the molecule is O=C(NCc1ccc(F)cc1)Nc1ccc(-c2ncnc3cc(-c4ccc(F)cc4)sc23)cc1. The van der Waals surface area contributed by atoms with E-state index in [1.807, 2.05) is 18.2 Å². The Balaban J connectivity index is 1.30. The predicted molar refractivity (Wildman–Crippen MR) is 131 cm³/mol. The lowest BCUT2D eigenvalue weighted by atomic mass is 10.1. The normalized spacial score (nSPS) is 10.9. The van der Waals surface area contributed by atoms with Gasteiger partial charge in [-0.2, -0.15) is 0 Å². The molecule has 168 valence electrons. The van der Waals surface area contributed by atoms with E-state index in [-0.39, 0.29) is 24.2 Å². The maximum atomic E-state index is 13.3. The maximum absolute atomic E-state index is 13.3. The van der Waals surface area contributed by atoms with Crippen LogP contribution >= 0.6 is 11.3 Å². The molecule has 2 aromatic heterocycles. The molecule has 8 heteroatoms. The lowest BCUT2D eigenvalue weighted by molar-refractivity contribution is 0.251. The van der Waals surface area contributed by atoms with Gasteiger partial charge in [0.15, 0.2) is 0 Å². The smallest absolute Gasteiger partial charge is 0.319 e. The number of fused-ring (bicyclic) bond motifs is 1. The van der Waals surface area contributed by atoms with Crippen molar-refractivity contribution < 1.29 is 13.6 Å². The van der Waals surface area contributed by atoms with Gasteiger partial charge in [0.25, 0.3) is 0 Å². The molecule has 2 N–H and O–H groups in total. The van der Waals surface area contributed by atoms with Gasteiger partial charge in [0, 0.05) is 22.7 Å². The first-order chi connectivity index (χ1) is 16.5. The van der Waals surface area contributed by atoms with Crippen LogP contribution in [0.15, 0.2) is 85.2 Å². The van der Waals surface area contributed by atoms with Crippen molar-refractivity contribution in [1.82, 2.24) is 15.3 Å². The number of aromatic nitrogens is 2. The Morgan fingerprint density at radius 2 is 1.47 bits per heavy atom. The number of nitrogens with zero attached hydrogens (tertiary/aromatic N) is 2. The molecule has 5 rings (SSSR count). The number of nitrogens with one attached hydrogen (secondary N) is 2. The van der Waals surface area contributed by atoms with Crippen molar-refractivity contribution in [2.75, 3.05) is 5.32 Å². The Bertz CT molecular complexity index is 1450. The second kappa shape index (κ2) is 9.36. The molecule has 3 aromatic carbocycles. The molecule has 5 nitrogen and oxygen atoms in total. The summed E-state index contributed by atoms with van der Waals surface area (Å²) < 4.78 is 27.2. The van der Waals surface area contributed by atoms with Crippen LogP contribution < -0.4 is 10.6 Å². The molecule has 5 aromatic rings. The van der Waals surface area contributed by atoms with Crippen LogP contribution in [0, 0.1) is 11.6 Å². The van der Waals surface area contributed by atoms with Gasteiger partial charge in [0.1, 0.15) is 18.0 Å². The van der Waals surface area contributed by atoms with Gasteiger partial charge in [0.05, 0.1) is 15.9 Å². The minimum Gasteiger partial charge on any atom is -0.334 e. The van der Waals surface area contributed by atoms with Crippen LogP contribution in [0.4, 0.5) is 19.3 Å². The summed E-state index contributed by atoms with van der Waals surface area (Å²) in [6, 6.07) is 21.3. The van der Waals surface area contributed by atoms with Gasteiger partial charge in [-0.25, -0.2) is 23.5 Å². The Morgan fingerprint density at radius 3 is 2.18 bits per heavy atom. The van der Waals surface area contributed by atoms with Gasteiger partial charge < -0.3 is 10.6 Å². The van der Waals surface area contributed by atoms with Crippen molar-refractivity contribution >= 4 is 33.3 Å². The molecule has 0 fully saturated rings. The number of anilines is 1. The molecule has 0 aliphatic carbocycles. The highest BCUT2D eigenvalue weighted by molar-refractivity contribution is 7.22. The fourth-order valence-corrected chi connectivity index (χ4v) is 4.62. The molecule has 0 radical (unpaired) electrons. The molecule has 0 aliphatic heterocycles. The first kappa shape index (κ1) is 21.7. The van der Waals surface area contributed by atoms with Crippen LogP contribution in [0.1, 0.15) is 5.56 Å². The number of hydrogen-bond acceptors (Lipinski definition) is 4. The van der Waals surface area contributed by atoms with E-state index in [0.717, 1.165) is 37.5 Å². The van der Waals surface area contributed by atoms with Crippen LogP contribution in [0.2, 0.25) is 0 Å². The number of benzene rings is 3. The number of rotatable bonds is 5. The Morgan fingerprint density at radius 1 is 0.824 bits per heavy atom. The highest BCUT2D eigenvalue weighted by Gasteiger charge is 2.12. The highest BCUT2D eigenvalue weighted by Crippen LogP contribution is 2.37. The zero-order valence-corrected chi connectivity index (χ0v) is 18.6. The third kappa shape index (κ3) is 4.77. The monoisotopic (exact) mass is 472 g/mol. The minimum atomic E-state index is -0.358. The highest BCUT2D eigenvalue weighted by atomic mass is 32.1. The van der Waals surface area contributed by atoms with Gasteiger partial charge in [-0.15, -0.1) is 11.3 Å². The van der Waals surface area contributed by atoms with E-state index >= 15 is 0 Å². The van der Waals surface area contributed by atoms with Gasteiger partial charge in [-0.05, 0) is 53.6 Å². The van der Waals surface area contributed by atoms with E-state index in [2.05, 4.69) is 20.6 Å². The summed E-state index contributed by atoms with van der Waals surface area (Å²) in [7, 11) is 0. The first-order valence-electron chi connectivity index (χ1n) is 10.5. The summed E-state index contributed by atoms with van der Waals surface area (Å²) in [6.07, 6.45) is 1.52. The van der Waals surface area contributed by atoms with Crippen molar-refractivity contribution in [2.45, 2.75) is 6.54 Å². The number of carbonyl (C=O) groups excluding carboxylic acids is 1. The van der Waals surface area contributed by atoms with Crippen molar-refractivity contribution in [3.63, 3.8) is 0 Å². The summed E-state index contributed by atoms with van der Waals surface area (Å²) in [4.78, 5) is 22.0. The average molecular weight is 473 g/mol. The molecule has 0 saturated heterocycles. The van der Waals surface area contributed by atoms with Gasteiger partial charge >= 0.3 is 6.03 Å². The second-order valence-electron chi connectivity index (χ2n) is 7.57. The summed E-state index contributed by atoms with van der Waals surface area (Å²) in [5.41, 5.74) is 4.84. The molecule has 0 spiro atoms. The quantitative estimate of drug-likeness (QED) is 0.302. The lowest BCUT2D eigenvalue weighted by Crippen LogP contribution is -2.28. The topological polar surface area (TPSA) is 66.9 Å². The fourth-order valence-electron chi connectivity index (χ4n) is 3.49. The van der Waals surface area contributed by atoms with Gasteiger partial charge in [0.2, 0.25) is 0 Å². The molecule has 0 aliphatic rings. The van der Waals surface area contributed by atoms with E-state index in [0.29, 0.717) is 5.69 Å². The average Bonchev–Trinajstić information content (AvgIpc) is 3.29. The number of amides is 2. The van der Waals surface area contributed by atoms with E-state index in [1.165, 1.54) is 30.6 Å². The van der Waals surface area contributed by atoms with Crippen LogP contribution in [0.3, 0.4) is 0 Å². The molecule has 0 saturated carbocycles. The van der Waals surface area contributed by atoms with E-state index < -0.39 is 0 Å². The molecule has 2 amide bonds. The third-order valence-corrected chi connectivity index (χ3v) is 6.40. The van der Waals surface area contributed by atoms with E-state index in [4.69, 9.17) is 0 Å². The van der Waals surface area contributed by atoms with Crippen molar-refractivity contribution in [3.05, 3.63) is 102 Å². The van der Waals surface area contributed by atoms with Crippen LogP contribution in [-0.4, -0.2) is 16.0 Å². The molecular formula is C26H18F2N4OS. The van der Waals surface area contributed by atoms with Crippen molar-refractivity contribution in [3.8, 4) is 21.7 Å². The molecule has 2 heterocycles. The standard InChI is InChI=1S/C26H18F2N4OS/c27-19-7-1-16(2-8-19)14-29-26(33)32-21-11-5-18(6-12-21)24-25-22(30-15-31-24)13-23(34-25)17-3-9-20(28)10-4-17/h1-13,15H,14H2,(H2,29,32,33). The summed E-state index contributed by atoms with van der Waals surface area (Å²) >= 11 is 1.55. The van der Waals surface area contributed by atoms with E-state index in [1.54, 1.807) is 47.7 Å². The molecular weight excluding hydrogens is 454 g/mol. The lowest BCUT2D eigenvalue weighted by Gasteiger charge is -2.09. The Kier molecular flexibility index (Phi) is 5.97. The number of urea groups is 1. The summed E-state index contributed by atoms with van der Waals surface area (Å²) in [5, 5.41) is 5.53. The van der Waals surface area contributed by atoms with E-state index in [9.17, 15) is 13.6 Å². The predicted octanol–water partition coefficient (Wildman–Crippen LogP) is 6.63. The summed E-state index contributed by atoms with van der Waals surface area (Å²) in [6.45, 7) is 0.290. The summed E-state index contributed by atoms with van der Waals surface area (Å²) in [5.74, 6) is -0.591. The number of carbonyl (C=O) groups is 1. The zero-order chi connectivity index (χ0) is 23.5. The Labute approximate surface area is 198 Å². The van der Waals surface area contributed by atoms with Gasteiger partial charge in [-0.1, -0.05) is 36.4 Å². The first-order valence-corrected chi connectivity index (χ1v) is 11.3. The van der Waals surface area contributed by atoms with Crippen LogP contribution in [0.5, 0.6) is 0 Å². The van der Waals surface area contributed by atoms with Crippen LogP contribution in [-0.2, 0) is 6.54 Å². The number of hydrogen-bond donors (Lipinski definition) is 2. The van der Waals surface area contributed by atoms with Crippen molar-refractivity contribution in [1.29, 1.82) is 0 Å². The van der Waals surface area contributed by atoms with Gasteiger partial charge in [-0.3, -0.25) is 0 Å². The zero-order valence-electron chi connectivity index (χ0n) is 17.8.